The molecule has 0 saturated heterocycles. The van der Waals surface area contributed by atoms with Crippen LogP contribution in [0, 0.1) is 12.3 Å². The maximum atomic E-state index is 12.1. The maximum absolute atomic E-state index is 12.1. The number of terminal acetylenes is 1. The van der Waals surface area contributed by atoms with Gasteiger partial charge in [-0.05, 0) is 24.3 Å². The van der Waals surface area contributed by atoms with Gasteiger partial charge in [-0.2, -0.15) is 0 Å². The number of benzene rings is 1. The quantitative estimate of drug-likeness (QED) is 0.799. The predicted molar refractivity (Wildman–Crippen MR) is 73.1 cm³/mol. The van der Waals surface area contributed by atoms with Crippen molar-refractivity contribution in [3.8, 4) is 12.3 Å². The van der Waals surface area contributed by atoms with Gasteiger partial charge in [-0.25, -0.2) is 0 Å². The van der Waals surface area contributed by atoms with Crippen molar-refractivity contribution >= 4 is 17.6 Å². The van der Waals surface area contributed by atoms with E-state index in [1.165, 1.54) is 0 Å². The molecule has 0 fully saturated rings. The average molecular weight is 260 g/mol. The Balaban J connectivity index is 2.90. The Kier molecular flexibility index (Phi) is 4.95. The van der Waals surface area contributed by atoms with Gasteiger partial charge in [0.1, 0.15) is 6.54 Å². The van der Waals surface area contributed by atoms with Crippen LogP contribution in [0.15, 0.2) is 24.3 Å². The van der Waals surface area contributed by atoms with Crippen LogP contribution in [0.3, 0.4) is 0 Å². The minimum absolute atomic E-state index is 0.0272. The van der Waals surface area contributed by atoms with Crippen LogP contribution in [-0.2, 0) is 4.79 Å². The molecular weight excluding hydrogens is 244 g/mol. The maximum Gasteiger partial charge on any atom is 0.323 e. The first kappa shape index (κ1) is 14.6. The van der Waals surface area contributed by atoms with E-state index >= 15 is 0 Å². The van der Waals surface area contributed by atoms with Crippen LogP contribution in [-0.4, -0.2) is 49.1 Å². The van der Waals surface area contributed by atoms with Gasteiger partial charge in [0.05, 0.1) is 6.54 Å². The van der Waals surface area contributed by atoms with E-state index in [1.54, 1.807) is 24.3 Å². The number of hydrogen-bond donors (Lipinski definition) is 1. The molecule has 0 spiro atoms. The molecule has 0 aliphatic carbocycles. The summed E-state index contributed by atoms with van der Waals surface area (Å²) in [6.07, 6.45) is 5.14. The molecule has 5 nitrogen and oxygen atoms in total. The van der Waals surface area contributed by atoms with Crippen molar-refractivity contribution in [3.63, 3.8) is 0 Å². The highest BCUT2D eigenvalue weighted by Gasteiger charge is 2.17. The second-order valence-corrected chi connectivity index (χ2v) is 4.20. The summed E-state index contributed by atoms with van der Waals surface area (Å²) in [7, 11) is 3.79. The van der Waals surface area contributed by atoms with Gasteiger partial charge in [0.25, 0.3) is 5.91 Å². The summed E-state index contributed by atoms with van der Waals surface area (Å²) in [6.45, 7) is -0.432. The van der Waals surface area contributed by atoms with E-state index in [0.717, 1.165) is 10.6 Å². The highest BCUT2D eigenvalue weighted by molar-refractivity contribution is 5.96. The topological polar surface area (TPSA) is 60.9 Å². The molecule has 100 valence electrons. The third kappa shape index (κ3) is 4.03. The molecule has 1 aromatic rings. The number of nitrogens with zero attached hydrogens (tertiary/aromatic N) is 2. The minimum Gasteiger partial charge on any atom is -0.480 e. The van der Waals surface area contributed by atoms with Gasteiger partial charge in [-0.1, -0.05) is 5.92 Å². The first-order valence-corrected chi connectivity index (χ1v) is 5.67. The number of anilines is 1. The Morgan fingerprint density at radius 3 is 2.26 bits per heavy atom. The lowest BCUT2D eigenvalue weighted by Gasteiger charge is -2.18. The Morgan fingerprint density at radius 1 is 1.26 bits per heavy atom. The molecule has 0 bridgehead atoms. The molecule has 1 amide bonds. The van der Waals surface area contributed by atoms with E-state index in [-0.39, 0.29) is 12.5 Å². The van der Waals surface area contributed by atoms with Gasteiger partial charge in [-0.15, -0.1) is 6.42 Å². The lowest BCUT2D eigenvalue weighted by molar-refractivity contribution is -0.137. The van der Waals surface area contributed by atoms with Crippen molar-refractivity contribution in [1.29, 1.82) is 0 Å². The van der Waals surface area contributed by atoms with Crippen LogP contribution in [0.5, 0.6) is 0 Å². The van der Waals surface area contributed by atoms with E-state index in [4.69, 9.17) is 11.5 Å². The summed E-state index contributed by atoms with van der Waals surface area (Å²) < 4.78 is 0. The molecule has 19 heavy (non-hydrogen) atoms. The number of hydrogen-bond acceptors (Lipinski definition) is 3. The molecule has 0 saturated carbocycles. The molecule has 0 radical (unpaired) electrons. The van der Waals surface area contributed by atoms with Crippen molar-refractivity contribution in [2.45, 2.75) is 0 Å². The summed E-state index contributed by atoms with van der Waals surface area (Å²) in [5.74, 6) is 0.814. The Labute approximate surface area is 112 Å². The number of carboxylic acids is 1. The van der Waals surface area contributed by atoms with Gasteiger partial charge in [0.15, 0.2) is 0 Å². The molecular formula is C14H16N2O3. The molecule has 0 heterocycles. The standard InChI is InChI=1S/C14H16N2O3/c1-4-9-16(10-13(17)18)14(19)11-5-7-12(8-6-11)15(2)3/h1,5-8H,9-10H2,2-3H3,(H,17,18). The fourth-order valence-corrected chi connectivity index (χ4v) is 1.56. The Bertz CT molecular complexity index is 500. The SMILES string of the molecule is C#CCN(CC(=O)O)C(=O)c1ccc(N(C)C)cc1. The predicted octanol–water partition coefficient (Wildman–Crippen LogP) is 0.913. The van der Waals surface area contributed by atoms with Crippen molar-refractivity contribution in [1.82, 2.24) is 4.90 Å². The molecule has 1 aromatic carbocycles. The lowest BCUT2D eigenvalue weighted by Crippen LogP contribution is -2.35. The summed E-state index contributed by atoms with van der Waals surface area (Å²) in [4.78, 5) is 25.8. The Morgan fingerprint density at radius 2 is 1.84 bits per heavy atom. The number of aliphatic carboxylic acids is 1. The van der Waals surface area contributed by atoms with Gasteiger partial charge in [0.2, 0.25) is 0 Å². The molecule has 0 aliphatic heterocycles. The number of carboxylic acid groups (broad SMARTS) is 1. The third-order valence-electron chi connectivity index (χ3n) is 2.53. The minimum atomic E-state index is -1.09. The van der Waals surface area contributed by atoms with E-state index in [1.807, 2.05) is 19.0 Å². The Hall–Kier alpha value is -2.48. The highest BCUT2D eigenvalue weighted by atomic mass is 16.4. The average Bonchev–Trinajstić information content (AvgIpc) is 2.37. The van der Waals surface area contributed by atoms with Crippen LogP contribution < -0.4 is 4.90 Å². The van der Waals surface area contributed by atoms with Gasteiger partial charge in [-0.3, -0.25) is 9.59 Å². The van der Waals surface area contributed by atoms with Crippen LogP contribution in [0.4, 0.5) is 5.69 Å². The monoisotopic (exact) mass is 260 g/mol. The fourth-order valence-electron chi connectivity index (χ4n) is 1.56. The zero-order chi connectivity index (χ0) is 14.4. The molecule has 1 N–H and O–H groups in total. The normalized spacial score (nSPS) is 9.53. The van der Waals surface area contributed by atoms with Crippen LogP contribution in [0.25, 0.3) is 0 Å². The molecule has 0 aliphatic rings. The number of rotatable bonds is 5. The summed E-state index contributed by atoms with van der Waals surface area (Å²) in [6, 6.07) is 6.90. The zero-order valence-corrected chi connectivity index (χ0v) is 11.0. The van der Waals surface area contributed by atoms with Crippen molar-refractivity contribution in [2.24, 2.45) is 0 Å². The first-order chi connectivity index (χ1) is 8.95. The van der Waals surface area contributed by atoms with Crippen LogP contribution >= 0.6 is 0 Å². The van der Waals surface area contributed by atoms with Crippen LogP contribution in [0.2, 0.25) is 0 Å². The number of carbonyl (C=O) groups excluding carboxylic acids is 1. The second kappa shape index (κ2) is 6.45. The second-order valence-electron chi connectivity index (χ2n) is 4.20. The summed E-state index contributed by atoms with van der Waals surface area (Å²) in [5, 5.41) is 8.75. The lowest BCUT2D eigenvalue weighted by atomic mass is 10.1. The highest BCUT2D eigenvalue weighted by Crippen LogP contribution is 2.13. The van der Waals surface area contributed by atoms with E-state index < -0.39 is 12.5 Å². The van der Waals surface area contributed by atoms with Crippen LogP contribution in [0.1, 0.15) is 10.4 Å². The zero-order valence-electron chi connectivity index (χ0n) is 11.0. The third-order valence-corrected chi connectivity index (χ3v) is 2.53. The van der Waals surface area contributed by atoms with Gasteiger partial charge < -0.3 is 14.9 Å². The van der Waals surface area contributed by atoms with E-state index in [0.29, 0.717) is 5.56 Å². The summed E-state index contributed by atoms with van der Waals surface area (Å²) in [5.41, 5.74) is 1.38. The van der Waals surface area contributed by atoms with Gasteiger partial charge >= 0.3 is 5.97 Å². The van der Waals surface area contributed by atoms with Gasteiger partial charge in [0, 0.05) is 25.3 Å². The molecule has 0 aromatic heterocycles. The van der Waals surface area contributed by atoms with Crippen molar-refractivity contribution in [3.05, 3.63) is 29.8 Å². The van der Waals surface area contributed by atoms with Crippen molar-refractivity contribution < 1.29 is 14.7 Å². The molecule has 0 unspecified atom stereocenters. The van der Waals surface area contributed by atoms with E-state index in [9.17, 15) is 9.59 Å². The molecule has 0 atom stereocenters. The largest absolute Gasteiger partial charge is 0.480 e. The van der Waals surface area contributed by atoms with E-state index in [2.05, 4.69) is 5.92 Å². The number of carbonyl (C=O) groups is 2. The van der Waals surface area contributed by atoms with Crippen molar-refractivity contribution in [2.75, 3.05) is 32.1 Å². The molecule has 5 heteroatoms. The number of amides is 1. The molecule has 1 rings (SSSR count). The summed E-state index contributed by atoms with van der Waals surface area (Å²) >= 11 is 0. The smallest absolute Gasteiger partial charge is 0.323 e. The first-order valence-electron chi connectivity index (χ1n) is 5.67. The fraction of sp³-hybridized carbons (Fsp3) is 0.286.